The molecule has 0 bridgehead atoms. The third-order valence-electron chi connectivity index (χ3n) is 2.89. The molecule has 0 aliphatic carbocycles. The normalized spacial score (nSPS) is 10.7. The number of aryl methyl sites for hydroxylation is 1. The van der Waals surface area contributed by atoms with Crippen LogP contribution in [0.3, 0.4) is 0 Å². The third kappa shape index (κ3) is 2.34. The summed E-state index contributed by atoms with van der Waals surface area (Å²) in [5.41, 5.74) is 0.677. The molecule has 0 radical (unpaired) electrons. The lowest BCUT2D eigenvalue weighted by Gasteiger charge is -2.15. The molecule has 2 aromatic rings. The summed E-state index contributed by atoms with van der Waals surface area (Å²) >= 11 is 0. The minimum absolute atomic E-state index is 0.0816. The average molecular weight is 281 g/mol. The number of aromatic carboxylic acids is 1. The molecule has 1 aromatic heterocycles. The standard InChI is InChI=1S/C13H13F2N3O2/c1-17(2)11-5-7(4-8(14)12(11)15)10-6-9(13(19)20)16-18(10)3/h4-6H,1-3H3,(H,19,20). The largest absolute Gasteiger partial charge is 0.476 e. The Kier molecular flexibility index (Phi) is 3.44. The van der Waals surface area contributed by atoms with E-state index in [0.29, 0.717) is 11.3 Å². The average Bonchev–Trinajstić information content (AvgIpc) is 2.74. The summed E-state index contributed by atoms with van der Waals surface area (Å²) in [6, 6.07) is 3.78. The Morgan fingerprint density at radius 3 is 2.45 bits per heavy atom. The minimum atomic E-state index is -1.18. The second-order valence-electron chi connectivity index (χ2n) is 4.53. The highest BCUT2D eigenvalue weighted by Crippen LogP contribution is 2.29. The van der Waals surface area contributed by atoms with Gasteiger partial charge in [-0.1, -0.05) is 0 Å². The summed E-state index contributed by atoms with van der Waals surface area (Å²) in [6.07, 6.45) is 0. The second kappa shape index (κ2) is 4.92. The van der Waals surface area contributed by atoms with Crippen LogP contribution in [0.2, 0.25) is 0 Å². The van der Waals surface area contributed by atoms with E-state index >= 15 is 0 Å². The quantitative estimate of drug-likeness (QED) is 0.936. The number of hydrogen-bond acceptors (Lipinski definition) is 3. The molecule has 0 amide bonds. The van der Waals surface area contributed by atoms with E-state index in [-0.39, 0.29) is 11.4 Å². The number of carbonyl (C=O) groups is 1. The zero-order valence-electron chi connectivity index (χ0n) is 11.2. The van der Waals surface area contributed by atoms with Crippen LogP contribution in [0.4, 0.5) is 14.5 Å². The maximum atomic E-state index is 13.6. The lowest BCUT2D eigenvalue weighted by atomic mass is 10.1. The zero-order valence-corrected chi connectivity index (χ0v) is 11.2. The van der Waals surface area contributed by atoms with Crippen LogP contribution in [0.5, 0.6) is 0 Å². The molecule has 0 unspecified atom stereocenters. The fourth-order valence-electron chi connectivity index (χ4n) is 1.89. The number of rotatable bonds is 3. The van der Waals surface area contributed by atoms with E-state index < -0.39 is 17.6 Å². The van der Waals surface area contributed by atoms with Gasteiger partial charge in [0, 0.05) is 26.7 Å². The monoisotopic (exact) mass is 281 g/mol. The molecule has 0 atom stereocenters. The number of halogens is 2. The van der Waals surface area contributed by atoms with Gasteiger partial charge in [-0.3, -0.25) is 4.68 Å². The number of anilines is 1. The van der Waals surface area contributed by atoms with Gasteiger partial charge in [-0.25, -0.2) is 13.6 Å². The van der Waals surface area contributed by atoms with Crippen molar-refractivity contribution in [1.82, 2.24) is 9.78 Å². The van der Waals surface area contributed by atoms with Gasteiger partial charge in [0.25, 0.3) is 0 Å². The van der Waals surface area contributed by atoms with Crippen LogP contribution in [0, 0.1) is 11.6 Å². The summed E-state index contributed by atoms with van der Waals surface area (Å²) in [4.78, 5) is 12.3. The Hall–Kier alpha value is -2.44. The SMILES string of the molecule is CN(C)c1cc(-c2cc(C(=O)O)nn2C)cc(F)c1F. The molecule has 0 fully saturated rings. The highest BCUT2D eigenvalue weighted by Gasteiger charge is 2.17. The molecule has 1 heterocycles. The Balaban J connectivity index is 2.61. The van der Waals surface area contributed by atoms with Crippen molar-refractivity contribution < 1.29 is 18.7 Å². The molecule has 5 nitrogen and oxygen atoms in total. The van der Waals surface area contributed by atoms with E-state index in [4.69, 9.17) is 5.11 Å². The van der Waals surface area contributed by atoms with Crippen LogP contribution >= 0.6 is 0 Å². The van der Waals surface area contributed by atoms with E-state index in [1.807, 2.05) is 0 Å². The summed E-state index contributed by atoms with van der Waals surface area (Å²) < 4.78 is 28.6. The van der Waals surface area contributed by atoms with Crippen LogP contribution in [0.15, 0.2) is 18.2 Å². The summed E-state index contributed by atoms with van der Waals surface area (Å²) in [7, 11) is 4.72. The van der Waals surface area contributed by atoms with Gasteiger partial charge < -0.3 is 10.0 Å². The Bertz CT molecular complexity index is 680. The molecule has 106 valence electrons. The van der Waals surface area contributed by atoms with Crippen molar-refractivity contribution in [3.63, 3.8) is 0 Å². The van der Waals surface area contributed by atoms with Crippen molar-refractivity contribution in [1.29, 1.82) is 0 Å². The lowest BCUT2D eigenvalue weighted by molar-refractivity contribution is 0.0689. The first kappa shape index (κ1) is 14.0. The molecule has 20 heavy (non-hydrogen) atoms. The van der Waals surface area contributed by atoms with Gasteiger partial charge in [-0.05, 0) is 18.2 Å². The molecule has 7 heteroatoms. The van der Waals surface area contributed by atoms with E-state index in [1.54, 1.807) is 21.1 Å². The van der Waals surface area contributed by atoms with E-state index in [1.165, 1.54) is 21.7 Å². The van der Waals surface area contributed by atoms with Gasteiger partial charge in [0.2, 0.25) is 0 Å². The van der Waals surface area contributed by atoms with Crippen LogP contribution in [-0.4, -0.2) is 35.0 Å². The maximum Gasteiger partial charge on any atom is 0.356 e. The molecule has 0 aliphatic heterocycles. The Morgan fingerprint density at radius 2 is 1.95 bits per heavy atom. The van der Waals surface area contributed by atoms with Crippen molar-refractivity contribution in [3.05, 3.63) is 35.5 Å². The smallest absolute Gasteiger partial charge is 0.356 e. The number of hydrogen-bond donors (Lipinski definition) is 1. The van der Waals surface area contributed by atoms with E-state index in [0.717, 1.165) is 6.07 Å². The van der Waals surface area contributed by atoms with Crippen molar-refractivity contribution >= 4 is 11.7 Å². The van der Waals surface area contributed by atoms with Gasteiger partial charge in [-0.15, -0.1) is 0 Å². The highest BCUT2D eigenvalue weighted by molar-refractivity contribution is 5.87. The highest BCUT2D eigenvalue weighted by atomic mass is 19.2. The number of carboxylic acid groups (broad SMARTS) is 1. The minimum Gasteiger partial charge on any atom is -0.476 e. The maximum absolute atomic E-state index is 13.6. The fourth-order valence-corrected chi connectivity index (χ4v) is 1.89. The van der Waals surface area contributed by atoms with Crippen LogP contribution in [0.25, 0.3) is 11.3 Å². The lowest BCUT2D eigenvalue weighted by Crippen LogP contribution is -2.12. The van der Waals surface area contributed by atoms with Crippen molar-refractivity contribution in [2.75, 3.05) is 19.0 Å². The van der Waals surface area contributed by atoms with Crippen LogP contribution < -0.4 is 4.90 Å². The number of benzene rings is 1. The predicted molar refractivity (Wildman–Crippen MR) is 69.8 cm³/mol. The van der Waals surface area contributed by atoms with Crippen LogP contribution in [0.1, 0.15) is 10.5 Å². The first-order valence-electron chi connectivity index (χ1n) is 5.75. The summed E-state index contributed by atoms with van der Waals surface area (Å²) in [5, 5.41) is 12.7. The number of carboxylic acids is 1. The molecule has 0 saturated carbocycles. The van der Waals surface area contributed by atoms with E-state index in [2.05, 4.69) is 5.10 Å². The molecule has 0 spiro atoms. The molecule has 0 aliphatic rings. The Labute approximate surface area is 114 Å². The van der Waals surface area contributed by atoms with Crippen molar-refractivity contribution in [2.45, 2.75) is 0 Å². The molecule has 2 rings (SSSR count). The Morgan fingerprint density at radius 1 is 1.30 bits per heavy atom. The third-order valence-corrected chi connectivity index (χ3v) is 2.89. The van der Waals surface area contributed by atoms with Gasteiger partial charge in [0.15, 0.2) is 17.3 Å². The fraction of sp³-hybridized carbons (Fsp3) is 0.231. The molecular weight excluding hydrogens is 268 g/mol. The number of nitrogens with zero attached hydrogens (tertiary/aromatic N) is 3. The molecule has 0 saturated heterocycles. The molecule has 1 N–H and O–H groups in total. The van der Waals surface area contributed by atoms with Gasteiger partial charge in [-0.2, -0.15) is 5.10 Å². The zero-order chi connectivity index (χ0) is 15.0. The topological polar surface area (TPSA) is 58.4 Å². The van der Waals surface area contributed by atoms with E-state index in [9.17, 15) is 13.6 Å². The van der Waals surface area contributed by atoms with Crippen molar-refractivity contribution in [3.8, 4) is 11.3 Å². The first-order valence-corrected chi connectivity index (χ1v) is 5.75. The van der Waals surface area contributed by atoms with Crippen molar-refractivity contribution in [2.24, 2.45) is 7.05 Å². The number of aromatic nitrogens is 2. The van der Waals surface area contributed by atoms with Gasteiger partial charge in [0.1, 0.15) is 0 Å². The molecular formula is C13H13F2N3O2. The summed E-state index contributed by atoms with van der Waals surface area (Å²) in [6.45, 7) is 0. The van der Waals surface area contributed by atoms with Gasteiger partial charge >= 0.3 is 5.97 Å². The van der Waals surface area contributed by atoms with Crippen LogP contribution in [-0.2, 0) is 7.05 Å². The molecule has 1 aromatic carbocycles. The van der Waals surface area contributed by atoms with Gasteiger partial charge in [0.05, 0.1) is 11.4 Å². The predicted octanol–water partition coefficient (Wildman–Crippen LogP) is 2.13. The summed E-state index contributed by atoms with van der Waals surface area (Å²) in [5.74, 6) is -3.12. The second-order valence-corrected chi connectivity index (χ2v) is 4.53. The first-order chi connectivity index (χ1) is 9.31.